The molecule has 0 amide bonds. The lowest BCUT2D eigenvalue weighted by molar-refractivity contribution is 0.951. The summed E-state index contributed by atoms with van der Waals surface area (Å²) in [5.41, 5.74) is 1.91. The maximum atomic E-state index is 5.62. The van der Waals surface area contributed by atoms with Gasteiger partial charge >= 0.3 is 0 Å². The van der Waals surface area contributed by atoms with Crippen LogP contribution in [0, 0.1) is 0 Å². The number of nitrogens with zero attached hydrogens (tertiary/aromatic N) is 3. The molecule has 2 heterocycles. The summed E-state index contributed by atoms with van der Waals surface area (Å²) < 4.78 is 1.67. The molecule has 0 aliphatic heterocycles. The Balaban J connectivity index is 2.66. The molecule has 0 N–H and O–H groups in total. The van der Waals surface area contributed by atoms with Crippen molar-refractivity contribution in [3.63, 3.8) is 0 Å². The lowest BCUT2D eigenvalue weighted by atomic mass is 10.3. The molecule has 0 atom stereocenters. The minimum atomic E-state index is 0.279. The van der Waals surface area contributed by atoms with Gasteiger partial charge in [-0.15, -0.1) is 5.10 Å². The highest BCUT2D eigenvalue weighted by atomic mass is 79.9. The van der Waals surface area contributed by atoms with Crippen LogP contribution >= 0.6 is 27.5 Å². The maximum Gasteiger partial charge on any atom is 0.243 e. The first-order valence-corrected chi connectivity index (χ1v) is 4.86. The van der Waals surface area contributed by atoms with Crippen LogP contribution in [0.25, 0.3) is 5.65 Å². The zero-order valence-electron chi connectivity index (χ0n) is 6.04. The Morgan fingerprint density at radius 3 is 3.08 bits per heavy atom. The minimum absolute atomic E-state index is 0.279. The maximum absolute atomic E-state index is 5.62. The lowest BCUT2D eigenvalue weighted by Crippen LogP contribution is -1.88. The van der Waals surface area contributed by atoms with Gasteiger partial charge in [-0.25, -0.2) is 4.52 Å². The topological polar surface area (TPSA) is 30.2 Å². The largest absolute Gasteiger partial charge is 0.243 e. The Morgan fingerprint density at radius 1 is 1.50 bits per heavy atom. The summed E-state index contributed by atoms with van der Waals surface area (Å²) in [4.78, 5) is 3.99. The smallest absolute Gasteiger partial charge is 0.219 e. The molecule has 2 aromatic rings. The molecule has 5 heteroatoms. The van der Waals surface area contributed by atoms with Gasteiger partial charge in [-0.05, 0) is 23.2 Å². The monoisotopic (exact) mass is 245 g/mol. The first-order valence-electron chi connectivity index (χ1n) is 3.36. The molecule has 0 spiro atoms. The second-order valence-electron chi connectivity index (χ2n) is 2.35. The zero-order valence-corrected chi connectivity index (χ0v) is 8.38. The molecule has 12 heavy (non-hydrogen) atoms. The number of aromatic nitrogens is 3. The SMILES string of the molecule is Clc1nc2ccc(CBr)cn2n1. The Bertz CT molecular complexity index is 412. The third-order valence-electron chi connectivity index (χ3n) is 1.52. The highest BCUT2D eigenvalue weighted by Crippen LogP contribution is 2.09. The molecule has 0 bridgehead atoms. The number of fused-ring (bicyclic) bond motifs is 1. The second kappa shape index (κ2) is 3.03. The summed E-state index contributed by atoms with van der Waals surface area (Å²) >= 11 is 8.98. The number of pyridine rings is 1. The average molecular weight is 246 g/mol. The van der Waals surface area contributed by atoms with Crippen LogP contribution in [0.3, 0.4) is 0 Å². The van der Waals surface area contributed by atoms with Crippen LogP contribution in [-0.4, -0.2) is 14.6 Å². The summed E-state index contributed by atoms with van der Waals surface area (Å²) in [6.45, 7) is 0. The normalized spacial score (nSPS) is 10.8. The zero-order chi connectivity index (χ0) is 8.55. The molecule has 0 aliphatic carbocycles. The molecule has 0 saturated heterocycles. The molecule has 0 aromatic carbocycles. The second-order valence-corrected chi connectivity index (χ2v) is 3.25. The summed E-state index contributed by atoms with van der Waals surface area (Å²) in [5, 5.41) is 5.06. The van der Waals surface area contributed by atoms with E-state index in [1.165, 1.54) is 0 Å². The average Bonchev–Trinajstić information content (AvgIpc) is 2.43. The van der Waals surface area contributed by atoms with Crippen molar-refractivity contribution in [1.29, 1.82) is 0 Å². The van der Waals surface area contributed by atoms with E-state index in [0.717, 1.165) is 16.5 Å². The molecule has 2 aromatic heterocycles. The molecule has 0 aliphatic rings. The van der Waals surface area contributed by atoms with Gasteiger partial charge < -0.3 is 0 Å². The van der Waals surface area contributed by atoms with E-state index in [2.05, 4.69) is 26.0 Å². The fourth-order valence-electron chi connectivity index (χ4n) is 0.978. The van der Waals surface area contributed by atoms with E-state index in [1.807, 2.05) is 18.3 Å². The molecule has 3 nitrogen and oxygen atoms in total. The van der Waals surface area contributed by atoms with Crippen molar-refractivity contribution in [2.24, 2.45) is 0 Å². The van der Waals surface area contributed by atoms with Gasteiger partial charge in [0.25, 0.3) is 0 Å². The first-order chi connectivity index (χ1) is 5.79. The quantitative estimate of drug-likeness (QED) is 0.723. The molecular formula is C7H5BrClN3. The van der Waals surface area contributed by atoms with Crippen molar-refractivity contribution in [1.82, 2.24) is 14.6 Å². The van der Waals surface area contributed by atoms with Gasteiger partial charge in [-0.2, -0.15) is 4.98 Å². The number of hydrogen-bond acceptors (Lipinski definition) is 2. The van der Waals surface area contributed by atoms with E-state index in [4.69, 9.17) is 11.6 Å². The number of hydrogen-bond donors (Lipinski definition) is 0. The molecule has 0 saturated carbocycles. The van der Waals surface area contributed by atoms with Gasteiger partial charge in [0.1, 0.15) is 0 Å². The van der Waals surface area contributed by atoms with Crippen LogP contribution in [-0.2, 0) is 5.33 Å². The number of alkyl halides is 1. The van der Waals surface area contributed by atoms with Crippen molar-refractivity contribution in [2.75, 3.05) is 0 Å². The Kier molecular flexibility index (Phi) is 2.02. The Hall–Kier alpha value is -0.610. The van der Waals surface area contributed by atoms with E-state index in [1.54, 1.807) is 4.52 Å². The minimum Gasteiger partial charge on any atom is -0.219 e. The summed E-state index contributed by atoms with van der Waals surface area (Å²) in [5.74, 6) is 0. The van der Waals surface area contributed by atoms with E-state index in [-0.39, 0.29) is 5.28 Å². The van der Waals surface area contributed by atoms with Crippen LogP contribution in [0.15, 0.2) is 18.3 Å². The molecule has 0 fully saturated rings. The summed E-state index contributed by atoms with van der Waals surface area (Å²) in [6, 6.07) is 3.87. The van der Waals surface area contributed by atoms with Gasteiger partial charge in [0.05, 0.1) is 0 Å². The summed E-state index contributed by atoms with van der Waals surface area (Å²) in [6.07, 6.45) is 1.89. The third kappa shape index (κ3) is 1.32. The van der Waals surface area contributed by atoms with Crippen LogP contribution < -0.4 is 0 Å². The molecule has 0 radical (unpaired) electrons. The van der Waals surface area contributed by atoms with Gasteiger partial charge in [-0.1, -0.05) is 22.0 Å². The van der Waals surface area contributed by atoms with Gasteiger partial charge in [0.2, 0.25) is 5.28 Å². The fourth-order valence-corrected chi connectivity index (χ4v) is 1.48. The van der Waals surface area contributed by atoms with Crippen LogP contribution in [0.4, 0.5) is 0 Å². The standard InChI is InChI=1S/C7H5BrClN3/c8-3-5-1-2-6-10-7(9)11-12(6)4-5/h1-2,4H,3H2. The number of rotatable bonds is 1. The third-order valence-corrected chi connectivity index (χ3v) is 2.33. The van der Waals surface area contributed by atoms with Gasteiger partial charge in [0, 0.05) is 11.5 Å². The predicted octanol–water partition coefficient (Wildman–Crippen LogP) is 2.28. The van der Waals surface area contributed by atoms with E-state index >= 15 is 0 Å². The molecular weight excluding hydrogens is 241 g/mol. The lowest BCUT2D eigenvalue weighted by Gasteiger charge is -1.94. The van der Waals surface area contributed by atoms with Gasteiger partial charge in [0.15, 0.2) is 5.65 Å². The molecule has 0 unspecified atom stereocenters. The van der Waals surface area contributed by atoms with Crippen LogP contribution in [0.5, 0.6) is 0 Å². The van der Waals surface area contributed by atoms with Crippen LogP contribution in [0.1, 0.15) is 5.56 Å². The predicted molar refractivity (Wildman–Crippen MR) is 50.6 cm³/mol. The van der Waals surface area contributed by atoms with Crippen molar-refractivity contribution >= 4 is 33.2 Å². The Morgan fingerprint density at radius 2 is 2.33 bits per heavy atom. The van der Waals surface area contributed by atoms with Gasteiger partial charge in [-0.3, -0.25) is 0 Å². The molecule has 2 rings (SSSR count). The highest BCUT2D eigenvalue weighted by molar-refractivity contribution is 9.08. The first kappa shape index (κ1) is 8.01. The fraction of sp³-hybridized carbons (Fsp3) is 0.143. The van der Waals surface area contributed by atoms with Crippen molar-refractivity contribution < 1.29 is 0 Å². The van der Waals surface area contributed by atoms with Crippen molar-refractivity contribution in [2.45, 2.75) is 5.33 Å². The van der Waals surface area contributed by atoms with Crippen molar-refractivity contribution in [3.8, 4) is 0 Å². The molecule has 62 valence electrons. The van der Waals surface area contributed by atoms with E-state index in [0.29, 0.717) is 0 Å². The van der Waals surface area contributed by atoms with Crippen molar-refractivity contribution in [3.05, 3.63) is 29.2 Å². The highest BCUT2D eigenvalue weighted by Gasteiger charge is 1.99. The van der Waals surface area contributed by atoms with E-state index < -0.39 is 0 Å². The van der Waals surface area contributed by atoms with E-state index in [9.17, 15) is 0 Å². The Labute approximate surface area is 82.5 Å². The van der Waals surface area contributed by atoms with Crippen LogP contribution in [0.2, 0.25) is 5.28 Å². The number of halogens is 2. The summed E-state index contributed by atoms with van der Waals surface area (Å²) in [7, 11) is 0.